The topological polar surface area (TPSA) is 30.7 Å². The number of aryl methyl sites for hydroxylation is 3. The second-order valence-electron chi connectivity index (χ2n) is 3.19. The summed E-state index contributed by atoms with van der Waals surface area (Å²) in [4.78, 5) is 4.26. The average molecular weight is 235 g/mol. The van der Waals surface area contributed by atoms with Gasteiger partial charge in [0, 0.05) is 23.8 Å². The van der Waals surface area contributed by atoms with Crippen molar-refractivity contribution in [3.63, 3.8) is 0 Å². The van der Waals surface area contributed by atoms with Crippen LogP contribution < -0.4 is 0 Å². The summed E-state index contributed by atoms with van der Waals surface area (Å²) in [6.07, 6.45) is 1.84. The molecule has 2 heterocycles. The van der Waals surface area contributed by atoms with E-state index in [2.05, 4.69) is 17.0 Å². The van der Waals surface area contributed by atoms with E-state index in [1.165, 1.54) is 10.9 Å². The molecule has 0 saturated heterocycles. The van der Waals surface area contributed by atoms with Gasteiger partial charge in [0.2, 0.25) is 0 Å². The zero-order valence-electron chi connectivity index (χ0n) is 12.2. The smallest absolute Gasteiger partial charge is 0.0718 e. The summed E-state index contributed by atoms with van der Waals surface area (Å²) in [5.74, 6) is 0. The van der Waals surface area contributed by atoms with Crippen LogP contribution in [0.25, 0.3) is 10.9 Å². The quantitative estimate of drug-likeness (QED) is 0.744. The lowest BCUT2D eigenvalue weighted by Gasteiger charge is -1.97. The SMILES string of the molecule is CC.CC.CCn1nc(C)c2c(C)nccc21. The highest BCUT2D eigenvalue weighted by molar-refractivity contribution is 5.83. The summed E-state index contributed by atoms with van der Waals surface area (Å²) < 4.78 is 2.01. The van der Waals surface area contributed by atoms with E-state index >= 15 is 0 Å². The van der Waals surface area contributed by atoms with Crippen molar-refractivity contribution in [2.24, 2.45) is 0 Å². The molecule has 0 aliphatic carbocycles. The molecule has 3 heteroatoms. The molecule has 0 unspecified atom stereocenters. The van der Waals surface area contributed by atoms with E-state index in [1.807, 2.05) is 58.5 Å². The van der Waals surface area contributed by atoms with Gasteiger partial charge >= 0.3 is 0 Å². The van der Waals surface area contributed by atoms with E-state index in [0.29, 0.717) is 0 Å². The largest absolute Gasteiger partial charge is 0.265 e. The summed E-state index contributed by atoms with van der Waals surface area (Å²) in [6.45, 7) is 15.1. The van der Waals surface area contributed by atoms with Gasteiger partial charge in [-0.3, -0.25) is 9.67 Å². The molecule has 0 bridgehead atoms. The number of fused-ring (bicyclic) bond motifs is 1. The predicted molar refractivity (Wildman–Crippen MR) is 75.4 cm³/mol. The molecular formula is C14H25N3. The molecule has 0 saturated carbocycles. The van der Waals surface area contributed by atoms with Gasteiger partial charge in [0.25, 0.3) is 0 Å². The fourth-order valence-electron chi connectivity index (χ4n) is 1.74. The number of pyridine rings is 1. The first-order valence-corrected chi connectivity index (χ1v) is 6.52. The van der Waals surface area contributed by atoms with Crippen molar-refractivity contribution in [2.45, 2.75) is 55.0 Å². The standard InChI is InChI=1S/C10H13N3.2C2H6/c1-4-13-9-5-6-11-7(2)10(9)8(3)12-13;2*1-2/h5-6H,4H2,1-3H3;2*1-2H3. The van der Waals surface area contributed by atoms with E-state index in [0.717, 1.165) is 17.9 Å². The van der Waals surface area contributed by atoms with E-state index < -0.39 is 0 Å². The van der Waals surface area contributed by atoms with E-state index in [1.54, 1.807) is 0 Å². The predicted octanol–water partition coefficient (Wildman–Crippen LogP) is 4.12. The maximum atomic E-state index is 4.45. The number of nitrogens with zero attached hydrogens (tertiary/aromatic N) is 3. The van der Waals surface area contributed by atoms with Gasteiger partial charge in [0.15, 0.2) is 0 Å². The van der Waals surface area contributed by atoms with Gasteiger partial charge in [-0.25, -0.2) is 0 Å². The van der Waals surface area contributed by atoms with Crippen molar-refractivity contribution in [3.05, 3.63) is 23.7 Å². The Morgan fingerprint density at radius 3 is 2.18 bits per heavy atom. The molecule has 0 radical (unpaired) electrons. The molecular weight excluding hydrogens is 210 g/mol. The maximum Gasteiger partial charge on any atom is 0.0718 e. The second kappa shape index (κ2) is 7.82. The summed E-state index contributed by atoms with van der Waals surface area (Å²) in [5.41, 5.74) is 3.32. The molecule has 0 aliphatic rings. The lowest BCUT2D eigenvalue weighted by Crippen LogP contribution is -1.95. The Hall–Kier alpha value is -1.38. The van der Waals surface area contributed by atoms with Crippen LogP contribution >= 0.6 is 0 Å². The molecule has 2 rings (SSSR count). The fourth-order valence-corrected chi connectivity index (χ4v) is 1.74. The van der Waals surface area contributed by atoms with E-state index in [-0.39, 0.29) is 0 Å². The van der Waals surface area contributed by atoms with Crippen LogP contribution in [-0.4, -0.2) is 14.8 Å². The first kappa shape index (κ1) is 15.6. The molecule has 2 aromatic heterocycles. The van der Waals surface area contributed by atoms with Crippen molar-refractivity contribution in [2.75, 3.05) is 0 Å². The third kappa shape index (κ3) is 3.29. The second-order valence-corrected chi connectivity index (χ2v) is 3.19. The van der Waals surface area contributed by atoms with Crippen molar-refractivity contribution < 1.29 is 0 Å². The van der Waals surface area contributed by atoms with Crippen LogP contribution in [0.4, 0.5) is 0 Å². The van der Waals surface area contributed by atoms with Crippen LogP contribution in [0.2, 0.25) is 0 Å². The molecule has 0 aromatic carbocycles. The number of aromatic nitrogens is 3. The van der Waals surface area contributed by atoms with Crippen molar-refractivity contribution in [1.29, 1.82) is 0 Å². The Morgan fingerprint density at radius 1 is 1.06 bits per heavy atom. The van der Waals surface area contributed by atoms with E-state index in [4.69, 9.17) is 0 Å². The van der Waals surface area contributed by atoms with E-state index in [9.17, 15) is 0 Å². The summed E-state index contributed by atoms with van der Waals surface area (Å²) >= 11 is 0. The zero-order valence-corrected chi connectivity index (χ0v) is 12.2. The van der Waals surface area contributed by atoms with Crippen LogP contribution in [0.5, 0.6) is 0 Å². The lowest BCUT2D eigenvalue weighted by atomic mass is 10.2. The van der Waals surface area contributed by atoms with Gasteiger partial charge in [-0.15, -0.1) is 0 Å². The highest BCUT2D eigenvalue weighted by Crippen LogP contribution is 2.19. The Kier molecular flexibility index (Phi) is 7.19. The van der Waals surface area contributed by atoms with Gasteiger partial charge in [-0.05, 0) is 26.8 Å². The van der Waals surface area contributed by atoms with Crippen molar-refractivity contribution in [3.8, 4) is 0 Å². The molecule has 3 nitrogen and oxygen atoms in total. The fraction of sp³-hybridized carbons (Fsp3) is 0.571. The Labute approximate surface area is 105 Å². The van der Waals surface area contributed by atoms with Gasteiger partial charge in [-0.2, -0.15) is 5.10 Å². The summed E-state index contributed by atoms with van der Waals surface area (Å²) in [6, 6.07) is 2.02. The molecule has 2 aromatic rings. The van der Waals surface area contributed by atoms with Crippen molar-refractivity contribution >= 4 is 10.9 Å². The minimum absolute atomic E-state index is 0.911. The molecule has 96 valence electrons. The molecule has 0 atom stereocenters. The maximum absolute atomic E-state index is 4.45. The zero-order chi connectivity index (χ0) is 13.4. The Bertz CT molecular complexity index is 444. The summed E-state index contributed by atoms with van der Waals surface area (Å²) in [7, 11) is 0. The molecule has 0 fully saturated rings. The third-order valence-corrected chi connectivity index (χ3v) is 2.33. The van der Waals surface area contributed by atoms with Gasteiger partial charge in [0.1, 0.15) is 0 Å². The normalized spacial score (nSPS) is 9.12. The molecule has 0 spiro atoms. The Balaban J connectivity index is 0.000000581. The van der Waals surface area contributed by atoms with Crippen LogP contribution in [-0.2, 0) is 6.54 Å². The summed E-state index contributed by atoms with van der Waals surface area (Å²) in [5, 5.41) is 5.64. The monoisotopic (exact) mass is 235 g/mol. The number of hydrogen-bond donors (Lipinski definition) is 0. The average Bonchev–Trinajstić information content (AvgIpc) is 2.72. The highest BCUT2D eigenvalue weighted by Gasteiger charge is 2.07. The van der Waals surface area contributed by atoms with Crippen molar-refractivity contribution in [1.82, 2.24) is 14.8 Å². The first-order chi connectivity index (χ1) is 8.24. The Morgan fingerprint density at radius 2 is 1.65 bits per heavy atom. The number of hydrogen-bond acceptors (Lipinski definition) is 2. The minimum Gasteiger partial charge on any atom is -0.265 e. The van der Waals surface area contributed by atoms with Crippen LogP contribution in [0, 0.1) is 13.8 Å². The first-order valence-electron chi connectivity index (χ1n) is 6.52. The van der Waals surface area contributed by atoms with Crippen LogP contribution in [0.15, 0.2) is 12.3 Å². The number of rotatable bonds is 1. The minimum atomic E-state index is 0.911. The molecule has 0 N–H and O–H groups in total. The van der Waals surface area contributed by atoms with Gasteiger partial charge < -0.3 is 0 Å². The van der Waals surface area contributed by atoms with Gasteiger partial charge in [0.05, 0.1) is 11.2 Å². The molecule has 0 aliphatic heterocycles. The molecule has 0 amide bonds. The highest BCUT2D eigenvalue weighted by atomic mass is 15.3. The molecule has 17 heavy (non-hydrogen) atoms. The van der Waals surface area contributed by atoms with Gasteiger partial charge in [-0.1, -0.05) is 27.7 Å². The van der Waals surface area contributed by atoms with Crippen LogP contribution in [0.1, 0.15) is 46.0 Å². The lowest BCUT2D eigenvalue weighted by molar-refractivity contribution is 0.676. The third-order valence-electron chi connectivity index (χ3n) is 2.33. The van der Waals surface area contributed by atoms with Crippen LogP contribution in [0.3, 0.4) is 0 Å².